The summed E-state index contributed by atoms with van der Waals surface area (Å²) in [6, 6.07) is 8.91. The molecule has 0 spiro atoms. The van der Waals surface area contributed by atoms with Crippen molar-refractivity contribution < 1.29 is 32.2 Å². The molecule has 0 unspecified atom stereocenters. The minimum atomic E-state index is -3.38. The number of sulfone groups is 1. The van der Waals surface area contributed by atoms with Gasteiger partial charge in [-0.15, -0.1) is 0 Å². The zero-order valence-corrected chi connectivity index (χ0v) is 18.9. The molecule has 0 N–H and O–H groups in total. The van der Waals surface area contributed by atoms with Gasteiger partial charge in [-0.2, -0.15) is 4.99 Å². The maximum atomic E-state index is 12.7. The molecule has 0 aliphatic heterocycles. The lowest BCUT2D eigenvalue weighted by Crippen LogP contribution is -2.22. The van der Waals surface area contributed by atoms with Gasteiger partial charge < -0.3 is 18.8 Å². The number of methoxy groups -OCH3 is 3. The van der Waals surface area contributed by atoms with Gasteiger partial charge in [0.1, 0.15) is 6.54 Å². The maximum absolute atomic E-state index is 12.7. The molecule has 0 radical (unpaired) electrons. The van der Waals surface area contributed by atoms with Gasteiger partial charge >= 0.3 is 5.97 Å². The van der Waals surface area contributed by atoms with E-state index in [4.69, 9.17) is 14.2 Å². The first kappa shape index (κ1) is 22.5. The average Bonchev–Trinajstić information content (AvgIpc) is 3.07. The van der Waals surface area contributed by atoms with E-state index in [9.17, 15) is 18.0 Å². The van der Waals surface area contributed by atoms with Crippen LogP contribution < -0.4 is 14.3 Å². The van der Waals surface area contributed by atoms with E-state index in [1.165, 1.54) is 56.9 Å². The Balaban J connectivity index is 2.14. The molecule has 0 saturated carbocycles. The molecule has 11 heteroatoms. The van der Waals surface area contributed by atoms with Crippen molar-refractivity contribution >= 4 is 43.3 Å². The van der Waals surface area contributed by atoms with E-state index >= 15 is 0 Å². The van der Waals surface area contributed by atoms with Crippen molar-refractivity contribution in [3.8, 4) is 11.5 Å². The minimum Gasteiger partial charge on any atom is -0.493 e. The second-order valence-corrected chi connectivity index (χ2v) is 9.46. The molecule has 164 valence electrons. The van der Waals surface area contributed by atoms with Crippen molar-refractivity contribution in [3.05, 3.63) is 46.8 Å². The fraction of sp³-hybridized carbons (Fsp3) is 0.250. The molecule has 0 saturated heterocycles. The van der Waals surface area contributed by atoms with Gasteiger partial charge in [0.2, 0.25) is 0 Å². The van der Waals surface area contributed by atoms with E-state index in [0.717, 1.165) is 11.0 Å². The molecule has 0 fully saturated rings. The molecule has 1 amide bonds. The molecule has 0 aliphatic rings. The summed E-state index contributed by atoms with van der Waals surface area (Å²) in [4.78, 5) is 29.2. The first-order valence-corrected chi connectivity index (χ1v) is 11.6. The van der Waals surface area contributed by atoms with Crippen LogP contribution in [-0.2, 0) is 25.9 Å². The number of rotatable bonds is 6. The van der Waals surface area contributed by atoms with E-state index in [2.05, 4.69) is 4.99 Å². The zero-order valence-electron chi connectivity index (χ0n) is 17.2. The topological polar surface area (TPSA) is 113 Å². The highest BCUT2D eigenvalue weighted by Crippen LogP contribution is 2.33. The van der Waals surface area contributed by atoms with Crippen LogP contribution in [0.25, 0.3) is 10.2 Å². The van der Waals surface area contributed by atoms with Gasteiger partial charge in [0.25, 0.3) is 5.91 Å². The Hall–Kier alpha value is -3.18. The number of carbonyl (C=O) groups is 2. The quantitative estimate of drug-likeness (QED) is 0.513. The Morgan fingerprint density at radius 1 is 1.03 bits per heavy atom. The fourth-order valence-corrected chi connectivity index (χ4v) is 4.49. The molecule has 3 rings (SSSR count). The number of benzene rings is 2. The molecule has 0 atom stereocenters. The van der Waals surface area contributed by atoms with Crippen molar-refractivity contribution in [3.63, 3.8) is 0 Å². The summed E-state index contributed by atoms with van der Waals surface area (Å²) in [5.41, 5.74) is 0.830. The standard InChI is InChI=1S/C20H20N2O7S2/c1-27-15-9-14-17(10-16(15)28-2)30-20(22(14)11-18(23)29-3)21-19(24)12-5-7-13(8-6-12)31(4,25)26/h5-10H,11H2,1-4H3. The molecule has 1 aromatic heterocycles. The summed E-state index contributed by atoms with van der Waals surface area (Å²) < 4.78 is 40.9. The van der Waals surface area contributed by atoms with Crippen LogP contribution in [0, 0.1) is 0 Å². The first-order chi connectivity index (χ1) is 14.7. The molecule has 1 heterocycles. The van der Waals surface area contributed by atoms with Crippen LogP contribution in [0.2, 0.25) is 0 Å². The number of esters is 1. The van der Waals surface area contributed by atoms with Gasteiger partial charge in [0.15, 0.2) is 26.1 Å². The lowest BCUT2D eigenvalue weighted by molar-refractivity contribution is -0.141. The molecule has 0 aliphatic carbocycles. The Morgan fingerprint density at radius 2 is 1.65 bits per heavy atom. The third kappa shape index (κ3) is 4.78. The van der Waals surface area contributed by atoms with Gasteiger partial charge in [-0.3, -0.25) is 9.59 Å². The monoisotopic (exact) mass is 464 g/mol. The van der Waals surface area contributed by atoms with Crippen LogP contribution >= 0.6 is 11.3 Å². The van der Waals surface area contributed by atoms with Crippen LogP contribution in [0.1, 0.15) is 10.4 Å². The van der Waals surface area contributed by atoms with Crippen molar-refractivity contribution in [2.45, 2.75) is 11.4 Å². The maximum Gasteiger partial charge on any atom is 0.325 e. The van der Waals surface area contributed by atoms with Crippen molar-refractivity contribution in [1.29, 1.82) is 0 Å². The summed E-state index contributed by atoms with van der Waals surface area (Å²) in [6.07, 6.45) is 1.09. The van der Waals surface area contributed by atoms with Crippen LogP contribution in [0.3, 0.4) is 0 Å². The third-order valence-electron chi connectivity index (χ3n) is 4.43. The highest BCUT2D eigenvalue weighted by molar-refractivity contribution is 7.90. The number of amides is 1. The normalized spacial score (nSPS) is 12.1. The summed E-state index contributed by atoms with van der Waals surface area (Å²) >= 11 is 1.19. The van der Waals surface area contributed by atoms with E-state index in [-0.39, 0.29) is 21.8 Å². The van der Waals surface area contributed by atoms with Crippen LogP contribution in [0.4, 0.5) is 0 Å². The largest absolute Gasteiger partial charge is 0.493 e. The predicted octanol–water partition coefficient (Wildman–Crippen LogP) is 2.04. The molecule has 3 aromatic rings. The molecule has 2 aromatic carbocycles. The lowest BCUT2D eigenvalue weighted by Gasteiger charge is -2.09. The highest BCUT2D eigenvalue weighted by Gasteiger charge is 2.16. The number of hydrogen-bond acceptors (Lipinski definition) is 8. The predicted molar refractivity (Wildman–Crippen MR) is 114 cm³/mol. The highest BCUT2D eigenvalue weighted by atomic mass is 32.2. The van der Waals surface area contributed by atoms with Crippen LogP contribution in [0.15, 0.2) is 46.3 Å². The number of nitrogens with zero attached hydrogens (tertiary/aromatic N) is 2. The Kier molecular flexibility index (Phi) is 6.46. The summed E-state index contributed by atoms with van der Waals surface area (Å²) in [6.45, 7) is -0.162. The van der Waals surface area contributed by atoms with Gasteiger partial charge in [-0.25, -0.2) is 8.42 Å². The SMILES string of the molecule is COC(=O)Cn1c(=NC(=O)c2ccc(S(C)(=O)=O)cc2)sc2cc(OC)c(OC)cc21. The second-order valence-electron chi connectivity index (χ2n) is 6.44. The van der Waals surface area contributed by atoms with Crippen molar-refractivity contribution in [2.75, 3.05) is 27.6 Å². The lowest BCUT2D eigenvalue weighted by atomic mass is 10.2. The zero-order chi connectivity index (χ0) is 22.8. The average molecular weight is 465 g/mol. The van der Waals surface area contributed by atoms with E-state index < -0.39 is 21.7 Å². The van der Waals surface area contributed by atoms with Gasteiger partial charge in [0.05, 0.1) is 36.4 Å². The van der Waals surface area contributed by atoms with E-state index in [1.807, 2.05) is 0 Å². The number of ether oxygens (including phenoxy) is 3. The van der Waals surface area contributed by atoms with Crippen molar-refractivity contribution in [2.24, 2.45) is 4.99 Å². The first-order valence-electron chi connectivity index (χ1n) is 8.89. The minimum absolute atomic E-state index is 0.103. The smallest absolute Gasteiger partial charge is 0.325 e. The Morgan fingerprint density at radius 3 is 2.19 bits per heavy atom. The molecular formula is C20H20N2O7S2. The van der Waals surface area contributed by atoms with Gasteiger partial charge in [0, 0.05) is 24.0 Å². The summed E-state index contributed by atoms with van der Waals surface area (Å²) in [7, 11) is 0.898. The van der Waals surface area contributed by atoms with Crippen molar-refractivity contribution in [1.82, 2.24) is 4.57 Å². The summed E-state index contributed by atoms with van der Waals surface area (Å²) in [5, 5.41) is 0. The third-order valence-corrected chi connectivity index (χ3v) is 6.60. The molecule has 9 nitrogen and oxygen atoms in total. The van der Waals surface area contributed by atoms with Crippen LogP contribution in [-0.4, -0.2) is 52.4 Å². The number of thiazole rings is 1. The second kappa shape index (κ2) is 8.90. The number of hydrogen-bond donors (Lipinski definition) is 0. The van der Waals surface area contributed by atoms with E-state index in [0.29, 0.717) is 17.0 Å². The fourth-order valence-electron chi connectivity index (χ4n) is 2.82. The van der Waals surface area contributed by atoms with E-state index in [1.54, 1.807) is 16.7 Å². The molecular weight excluding hydrogens is 444 g/mol. The molecule has 31 heavy (non-hydrogen) atoms. The number of fused-ring (bicyclic) bond motifs is 1. The number of aromatic nitrogens is 1. The summed E-state index contributed by atoms with van der Waals surface area (Å²) in [5.74, 6) is -0.138. The van der Waals surface area contributed by atoms with Gasteiger partial charge in [-0.05, 0) is 24.3 Å². The van der Waals surface area contributed by atoms with Gasteiger partial charge in [-0.1, -0.05) is 11.3 Å². The molecule has 0 bridgehead atoms. The number of carbonyl (C=O) groups excluding carboxylic acids is 2. The Labute approximate surface area is 182 Å². The Bertz CT molecular complexity index is 1320. The van der Waals surface area contributed by atoms with Crippen LogP contribution in [0.5, 0.6) is 11.5 Å².